The Bertz CT molecular complexity index is 1100. The van der Waals surface area contributed by atoms with Crippen molar-refractivity contribution in [2.45, 2.75) is 91.0 Å². The van der Waals surface area contributed by atoms with Gasteiger partial charge in [0.25, 0.3) is 0 Å². The summed E-state index contributed by atoms with van der Waals surface area (Å²) in [7, 11) is -1.24. The quantitative estimate of drug-likeness (QED) is 0.248. The number of nitrogens with two attached hydrogens (primary N) is 1. The number of anilines is 2. The van der Waals surface area contributed by atoms with Crippen LogP contribution < -0.4 is 16.4 Å². The highest BCUT2D eigenvalue weighted by molar-refractivity contribution is 6.76. The van der Waals surface area contributed by atoms with Crippen LogP contribution in [0.4, 0.5) is 16.2 Å². The van der Waals surface area contributed by atoms with Gasteiger partial charge < -0.3 is 30.4 Å². The van der Waals surface area contributed by atoms with Crippen LogP contribution in [0.5, 0.6) is 0 Å². The molecule has 0 unspecified atom stereocenters. The Kier molecular flexibility index (Phi) is 9.07. The Morgan fingerprint density at radius 1 is 1.27 bits per heavy atom. The van der Waals surface area contributed by atoms with Gasteiger partial charge in [-0.25, -0.2) is 9.78 Å². The summed E-state index contributed by atoms with van der Waals surface area (Å²) in [6, 6.07) is 6.05. The van der Waals surface area contributed by atoms with Gasteiger partial charge in [0.15, 0.2) is 0 Å². The largest absolute Gasteiger partial charge is 0.444 e. The van der Waals surface area contributed by atoms with E-state index >= 15 is 0 Å². The first-order chi connectivity index (χ1) is 17.2. The summed E-state index contributed by atoms with van der Waals surface area (Å²) in [6.45, 7) is 15.3. The standard InChI is InChI=1S/C27H43N5O4Si/c1-18-9-8-10-21(31-26(34)36-27(2,3)4)24-29-23(16-32(24)17-35-13-14-37(5,6)7)20-12-11-19(28)15-22(20)30-25(18)33/h11-12,15-16,18,21H,8-10,13-14,17,28H2,1-7H3,(H,30,33)(H,31,34)/t18-,21+/m1/s1. The van der Waals surface area contributed by atoms with Gasteiger partial charge >= 0.3 is 6.09 Å². The number of rotatable bonds is 6. The van der Waals surface area contributed by atoms with Crippen molar-refractivity contribution in [2.24, 2.45) is 5.92 Å². The molecule has 0 fully saturated rings. The fourth-order valence-electron chi connectivity index (χ4n) is 4.10. The number of amides is 2. The van der Waals surface area contributed by atoms with E-state index in [4.69, 9.17) is 20.2 Å². The van der Waals surface area contributed by atoms with E-state index in [1.54, 1.807) is 12.1 Å². The van der Waals surface area contributed by atoms with Crippen LogP contribution in [-0.4, -0.2) is 41.8 Å². The zero-order valence-electron chi connectivity index (χ0n) is 23.3. The fraction of sp³-hybridized carbons (Fsp3) is 0.593. The molecule has 2 atom stereocenters. The van der Waals surface area contributed by atoms with Gasteiger partial charge in [0.1, 0.15) is 18.2 Å². The van der Waals surface area contributed by atoms with Crippen LogP contribution in [0.25, 0.3) is 11.3 Å². The summed E-state index contributed by atoms with van der Waals surface area (Å²) in [5.74, 6) is 0.417. The molecule has 0 saturated carbocycles. The number of nitrogens with one attached hydrogen (secondary N) is 2. The number of aromatic nitrogens is 2. The molecule has 2 aromatic rings. The van der Waals surface area contributed by atoms with E-state index in [9.17, 15) is 9.59 Å². The van der Waals surface area contributed by atoms with Crippen molar-refractivity contribution in [3.8, 4) is 11.3 Å². The molecule has 37 heavy (non-hydrogen) atoms. The van der Waals surface area contributed by atoms with Gasteiger partial charge in [-0.15, -0.1) is 0 Å². The highest BCUT2D eigenvalue weighted by Crippen LogP contribution is 2.33. The molecule has 1 aliphatic rings. The number of benzene rings is 1. The molecule has 2 bridgehead atoms. The predicted molar refractivity (Wildman–Crippen MR) is 150 cm³/mol. The van der Waals surface area contributed by atoms with Crippen LogP contribution in [0.15, 0.2) is 24.4 Å². The molecular weight excluding hydrogens is 486 g/mol. The Morgan fingerprint density at radius 3 is 2.68 bits per heavy atom. The second-order valence-corrected chi connectivity index (χ2v) is 17.7. The first-order valence-corrected chi connectivity index (χ1v) is 16.8. The minimum absolute atomic E-state index is 0.0709. The number of carbonyl (C=O) groups excluding carboxylic acids is 2. The van der Waals surface area contributed by atoms with Crippen molar-refractivity contribution >= 4 is 31.4 Å². The summed E-state index contributed by atoms with van der Waals surface area (Å²) in [6.07, 6.45) is 3.40. The van der Waals surface area contributed by atoms with Gasteiger partial charge in [0.05, 0.1) is 17.4 Å². The zero-order valence-corrected chi connectivity index (χ0v) is 24.3. The van der Waals surface area contributed by atoms with E-state index in [2.05, 4.69) is 30.3 Å². The van der Waals surface area contributed by atoms with Crippen molar-refractivity contribution in [3.05, 3.63) is 30.2 Å². The minimum atomic E-state index is -1.24. The first kappa shape index (κ1) is 28.7. The summed E-state index contributed by atoms with van der Waals surface area (Å²) in [4.78, 5) is 30.6. The number of hydrogen-bond acceptors (Lipinski definition) is 6. The summed E-state index contributed by atoms with van der Waals surface area (Å²) in [5.41, 5.74) is 8.02. The second kappa shape index (κ2) is 11.7. The molecule has 204 valence electrons. The molecule has 0 radical (unpaired) electrons. The zero-order chi connectivity index (χ0) is 27.4. The summed E-state index contributed by atoms with van der Waals surface area (Å²) >= 11 is 0. The lowest BCUT2D eigenvalue weighted by Gasteiger charge is -2.24. The van der Waals surface area contributed by atoms with Crippen LogP contribution >= 0.6 is 0 Å². The van der Waals surface area contributed by atoms with Crippen molar-refractivity contribution < 1.29 is 19.1 Å². The van der Waals surface area contributed by atoms with Crippen LogP contribution in [-0.2, 0) is 21.0 Å². The van der Waals surface area contributed by atoms with Gasteiger partial charge in [0.2, 0.25) is 5.91 Å². The number of imidazole rings is 1. The normalized spacial score (nSPS) is 18.7. The Morgan fingerprint density at radius 2 is 2.00 bits per heavy atom. The van der Waals surface area contributed by atoms with Crippen LogP contribution in [0.3, 0.4) is 0 Å². The number of nitrogens with zero attached hydrogens (tertiary/aromatic N) is 2. The lowest BCUT2D eigenvalue weighted by Crippen LogP contribution is -2.36. The average molecular weight is 530 g/mol. The van der Waals surface area contributed by atoms with Crippen LogP contribution in [0, 0.1) is 5.92 Å². The number of nitrogen functional groups attached to an aromatic ring is 1. The number of alkyl carbamates (subject to hydrolysis) is 1. The maximum Gasteiger partial charge on any atom is 0.408 e. The van der Waals surface area contributed by atoms with Gasteiger partial charge in [0, 0.05) is 38.0 Å². The van der Waals surface area contributed by atoms with Gasteiger partial charge in [-0.2, -0.15) is 0 Å². The van der Waals surface area contributed by atoms with Crippen LogP contribution in [0.2, 0.25) is 25.7 Å². The van der Waals surface area contributed by atoms with Crippen molar-refractivity contribution in [1.82, 2.24) is 14.9 Å². The second-order valence-electron chi connectivity index (χ2n) is 12.1. The summed E-state index contributed by atoms with van der Waals surface area (Å²) in [5, 5.41) is 6.06. The Hall–Kier alpha value is -2.85. The summed E-state index contributed by atoms with van der Waals surface area (Å²) < 4.78 is 13.6. The topological polar surface area (TPSA) is 120 Å². The lowest BCUT2D eigenvalue weighted by molar-refractivity contribution is -0.119. The molecule has 2 amide bonds. The Balaban J connectivity index is 2.02. The van der Waals surface area contributed by atoms with E-state index in [1.165, 1.54) is 0 Å². The number of hydrogen-bond donors (Lipinski definition) is 3. The van der Waals surface area contributed by atoms with E-state index in [1.807, 2.05) is 44.5 Å². The number of carbonyl (C=O) groups is 2. The highest BCUT2D eigenvalue weighted by Gasteiger charge is 2.27. The van der Waals surface area contributed by atoms with Crippen molar-refractivity contribution in [3.63, 3.8) is 0 Å². The average Bonchev–Trinajstić information content (AvgIpc) is 3.17. The molecule has 4 N–H and O–H groups in total. The third-order valence-corrected chi connectivity index (χ3v) is 7.90. The fourth-order valence-corrected chi connectivity index (χ4v) is 4.86. The molecule has 3 rings (SSSR count). The van der Waals surface area contributed by atoms with Crippen LogP contribution in [0.1, 0.15) is 58.8 Å². The molecular formula is C27H43N5O4Si. The minimum Gasteiger partial charge on any atom is -0.444 e. The number of ether oxygens (including phenoxy) is 2. The molecule has 10 heteroatoms. The number of fused-ring (bicyclic) bond motifs is 4. The first-order valence-electron chi connectivity index (χ1n) is 13.1. The monoisotopic (exact) mass is 529 g/mol. The molecule has 1 aliphatic heterocycles. The van der Waals surface area contributed by atoms with Crippen molar-refractivity contribution in [1.29, 1.82) is 0 Å². The van der Waals surface area contributed by atoms with E-state index in [0.29, 0.717) is 49.1 Å². The molecule has 0 saturated heterocycles. The van der Waals surface area contributed by atoms with Crippen molar-refractivity contribution in [2.75, 3.05) is 17.7 Å². The Labute approximate surface area is 221 Å². The van der Waals surface area contributed by atoms with E-state index < -0.39 is 25.8 Å². The van der Waals surface area contributed by atoms with Gasteiger partial charge in [-0.05, 0) is 57.9 Å². The highest BCUT2D eigenvalue weighted by atomic mass is 28.3. The van der Waals surface area contributed by atoms with E-state index in [-0.39, 0.29) is 11.8 Å². The molecule has 0 aliphatic carbocycles. The molecule has 1 aromatic carbocycles. The SMILES string of the molecule is C[C@@H]1CCC[C@H](NC(=O)OC(C)(C)C)c2nc(cn2COCC[Si](C)(C)C)-c2ccc(N)cc2NC1=O. The predicted octanol–water partition coefficient (Wildman–Crippen LogP) is 5.77. The maximum atomic E-state index is 12.9. The molecule has 1 aromatic heterocycles. The smallest absolute Gasteiger partial charge is 0.408 e. The lowest BCUT2D eigenvalue weighted by atomic mass is 9.99. The van der Waals surface area contributed by atoms with E-state index in [0.717, 1.165) is 18.0 Å². The third kappa shape index (κ3) is 8.60. The molecule has 2 heterocycles. The molecule has 9 nitrogen and oxygen atoms in total. The van der Waals surface area contributed by atoms with Gasteiger partial charge in [-0.1, -0.05) is 33.0 Å². The molecule has 0 spiro atoms. The third-order valence-electron chi connectivity index (χ3n) is 6.19. The van der Waals surface area contributed by atoms with Gasteiger partial charge in [-0.3, -0.25) is 4.79 Å². The maximum absolute atomic E-state index is 12.9.